The Kier molecular flexibility index (Phi) is 5.94. The zero-order valence-corrected chi connectivity index (χ0v) is 19.7. The van der Waals surface area contributed by atoms with Crippen LogP contribution in [-0.2, 0) is 16.4 Å². The number of hydrogen-bond acceptors (Lipinski definition) is 6. The summed E-state index contributed by atoms with van der Waals surface area (Å²) < 4.78 is 30.2. The lowest BCUT2D eigenvalue weighted by Gasteiger charge is -2.19. The Morgan fingerprint density at radius 2 is 1.97 bits per heavy atom. The molecule has 4 aromatic rings. The largest absolute Gasteiger partial charge is 0.330 e. The fourth-order valence-electron chi connectivity index (χ4n) is 4.94. The number of unbranched alkanes of at least 4 members (excludes halogenated alkanes) is 1. The second kappa shape index (κ2) is 8.89. The molecule has 9 heteroatoms. The minimum Gasteiger partial charge on any atom is -0.330 e. The normalized spacial score (nSPS) is 17.5. The molecule has 1 atom stereocenters. The van der Waals surface area contributed by atoms with Gasteiger partial charge in [-0.1, -0.05) is 25.1 Å². The first-order valence-corrected chi connectivity index (χ1v) is 13.1. The molecule has 33 heavy (non-hydrogen) atoms. The van der Waals surface area contributed by atoms with Crippen molar-refractivity contribution >= 4 is 32.1 Å². The van der Waals surface area contributed by atoms with Gasteiger partial charge >= 0.3 is 0 Å². The van der Waals surface area contributed by atoms with Gasteiger partial charge < -0.3 is 15.2 Å². The van der Waals surface area contributed by atoms with E-state index in [4.69, 9.17) is 10.7 Å². The van der Waals surface area contributed by atoms with E-state index in [1.165, 1.54) is 3.97 Å². The Morgan fingerprint density at radius 1 is 1.15 bits per heavy atom. The summed E-state index contributed by atoms with van der Waals surface area (Å²) in [5, 5.41) is 0.820. The quantitative estimate of drug-likeness (QED) is 0.401. The van der Waals surface area contributed by atoms with Gasteiger partial charge in [0.25, 0.3) is 10.0 Å². The molecule has 1 unspecified atom stereocenters. The van der Waals surface area contributed by atoms with Crippen LogP contribution in [-0.4, -0.2) is 58.0 Å². The first-order valence-electron chi connectivity index (χ1n) is 11.6. The molecule has 0 spiro atoms. The van der Waals surface area contributed by atoms with E-state index in [1.54, 1.807) is 42.7 Å². The average Bonchev–Trinajstić information content (AvgIpc) is 3.55. The number of benzene rings is 1. The maximum absolute atomic E-state index is 13.3. The molecule has 0 bridgehead atoms. The van der Waals surface area contributed by atoms with Crippen molar-refractivity contribution in [2.24, 2.45) is 5.73 Å². The van der Waals surface area contributed by atoms with Gasteiger partial charge in [0.05, 0.1) is 16.6 Å². The van der Waals surface area contributed by atoms with Gasteiger partial charge in [0, 0.05) is 37.1 Å². The highest BCUT2D eigenvalue weighted by Crippen LogP contribution is 2.33. The number of aromatic nitrogens is 4. The van der Waals surface area contributed by atoms with Gasteiger partial charge in [-0.25, -0.2) is 22.4 Å². The number of imidazole rings is 1. The molecule has 1 aliphatic heterocycles. The predicted molar refractivity (Wildman–Crippen MR) is 130 cm³/mol. The van der Waals surface area contributed by atoms with Gasteiger partial charge in [0.1, 0.15) is 11.3 Å². The van der Waals surface area contributed by atoms with Gasteiger partial charge in [0.15, 0.2) is 5.65 Å². The minimum atomic E-state index is -3.74. The van der Waals surface area contributed by atoms with Gasteiger partial charge in [-0.05, 0) is 50.6 Å². The molecular weight excluding hydrogens is 436 g/mol. The Balaban J connectivity index is 1.59. The third-order valence-corrected chi connectivity index (χ3v) is 8.24. The molecule has 1 saturated heterocycles. The first kappa shape index (κ1) is 22.1. The average molecular weight is 467 g/mol. The summed E-state index contributed by atoms with van der Waals surface area (Å²) in [5.41, 5.74) is 7.89. The van der Waals surface area contributed by atoms with E-state index >= 15 is 0 Å². The summed E-state index contributed by atoms with van der Waals surface area (Å²) in [6.07, 6.45) is 7.33. The van der Waals surface area contributed by atoms with E-state index in [1.807, 2.05) is 6.07 Å². The molecule has 5 rings (SSSR count). The van der Waals surface area contributed by atoms with Crippen LogP contribution in [0.2, 0.25) is 0 Å². The van der Waals surface area contributed by atoms with Crippen LogP contribution < -0.4 is 5.73 Å². The lowest BCUT2D eigenvalue weighted by Crippen LogP contribution is -2.23. The summed E-state index contributed by atoms with van der Waals surface area (Å²) in [7, 11) is -3.74. The summed E-state index contributed by atoms with van der Waals surface area (Å²) in [4.78, 5) is 12.1. The number of aryl methyl sites for hydroxylation is 1. The maximum atomic E-state index is 13.3. The second-order valence-corrected chi connectivity index (χ2v) is 10.5. The van der Waals surface area contributed by atoms with E-state index < -0.39 is 10.0 Å². The zero-order chi connectivity index (χ0) is 23.0. The molecule has 1 aliphatic rings. The minimum absolute atomic E-state index is 0.246. The van der Waals surface area contributed by atoms with Crippen LogP contribution in [0.1, 0.15) is 38.1 Å². The first-order chi connectivity index (χ1) is 16.0. The number of nitrogens with zero attached hydrogens (tertiary/aromatic N) is 5. The molecule has 1 aromatic carbocycles. The third kappa shape index (κ3) is 3.84. The molecular formula is C24H30N6O2S. The number of fused-ring (bicyclic) bond motifs is 3. The van der Waals surface area contributed by atoms with Crippen molar-refractivity contribution in [1.29, 1.82) is 0 Å². The van der Waals surface area contributed by atoms with Crippen molar-refractivity contribution in [3.63, 3.8) is 0 Å². The highest BCUT2D eigenvalue weighted by Gasteiger charge is 2.29. The van der Waals surface area contributed by atoms with Crippen LogP contribution in [0.15, 0.2) is 53.7 Å². The highest BCUT2D eigenvalue weighted by molar-refractivity contribution is 7.90. The Hall–Kier alpha value is -2.75. The molecule has 0 amide bonds. The smallest absolute Gasteiger partial charge is 0.269 e. The molecule has 4 heterocycles. The van der Waals surface area contributed by atoms with Crippen LogP contribution in [0.5, 0.6) is 0 Å². The monoisotopic (exact) mass is 466 g/mol. The van der Waals surface area contributed by atoms with Crippen molar-refractivity contribution in [3.05, 3.63) is 54.6 Å². The van der Waals surface area contributed by atoms with E-state index in [0.29, 0.717) is 11.7 Å². The van der Waals surface area contributed by atoms with Crippen LogP contribution in [0.25, 0.3) is 22.1 Å². The van der Waals surface area contributed by atoms with Crippen LogP contribution >= 0.6 is 0 Å². The number of rotatable bonds is 8. The van der Waals surface area contributed by atoms with E-state index in [-0.39, 0.29) is 4.90 Å². The van der Waals surface area contributed by atoms with Gasteiger partial charge in [-0.3, -0.25) is 0 Å². The van der Waals surface area contributed by atoms with Gasteiger partial charge in [0.2, 0.25) is 0 Å². The van der Waals surface area contributed by atoms with Gasteiger partial charge in [-0.15, -0.1) is 0 Å². The highest BCUT2D eigenvalue weighted by atomic mass is 32.2. The number of hydrogen-bond donors (Lipinski definition) is 1. The number of nitrogens with two attached hydrogens (primary N) is 1. The zero-order valence-electron chi connectivity index (χ0n) is 18.9. The molecule has 0 aliphatic carbocycles. The number of pyridine rings is 1. The van der Waals surface area contributed by atoms with E-state index in [9.17, 15) is 8.42 Å². The van der Waals surface area contributed by atoms with Gasteiger partial charge in [-0.2, -0.15) is 0 Å². The topological polar surface area (TPSA) is 99.0 Å². The fraction of sp³-hybridized carbons (Fsp3) is 0.417. The van der Waals surface area contributed by atoms with E-state index in [2.05, 4.69) is 21.4 Å². The number of likely N-dealkylation sites (tertiary alicyclic amines) is 1. The molecule has 0 saturated carbocycles. The third-order valence-electron chi connectivity index (χ3n) is 6.56. The van der Waals surface area contributed by atoms with Crippen LogP contribution in [0.4, 0.5) is 0 Å². The fourth-order valence-corrected chi connectivity index (χ4v) is 6.27. The lowest BCUT2D eigenvalue weighted by atomic mass is 10.2. The van der Waals surface area contributed by atoms with Crippen molar-refractivity contribution in [2.45, 2.75) is 43.5 Å². The molecule has 3 aromatic heterocycles. The van der Waals surface area contributed by atoms with Crippen molar-refractivity contribution in [3.8, 4) is 0 Å². The SMILES string of the molecule is CCc1nc2cnc3c(ccn3S(=O)(=O)c3ccccc3)c2n1C1CCN(CCCCN)C1. The molecule has 2 N–H and O–H groups in total. The van der Waals surface area contributed by atoms with Crippen LogP contribution in [0, 0.1) is 0 Å². The predicted octanol–water partition coefficient (Wildman–Crippen LogP) is 3.17. The van der Waals surface area contributed by atoms with Crippen LogP contribution in [0.3, 0.4) is 0 Å². The Morgan fingerprint density at radius 3 is 2.73 bits per heavy atom. The maximum Gasteiger partial charge on any atom is 0.269 e. The van der Waals surface area contributed by atoms with Crippen molar-refractivity contribution < 1.29 is 8.42 Å². The summed E-state index contributed by atoms with van der Waals surface area (Å²) in [5.74, 6) is 1.02. The molecule has 1 fully saturated rings. The Bertz CT molecular complexity index is 1380. The van der Waals surface area contributed by atoms with Crippen molar-refractivity contribution in [1.82, 2.24) is 23.4 Å². The Labute approximate surface area is 194 Å². The molecule has 0 radical (unpaired) electrons. The van der Waals surface area contributed by atoms with Crippen molar-refractivity contribution in [2.75, 3.05) is 26.2 Å². The summed E-state index contributed by atoms with van der Waals surface area (Å²) >= 11 is 0. The van der Waals surface area contributed by atoms with E-state index in [0.717, 1.165) is 74.1 Å². The summed E-state index contributed by atoms with van der Waals surface area (Å²) in [6.45, 7) is 5.93. The second-order valence-electron chi connectivity index (χ2n) is 8.65. The molecule has 174 valence electrons. The molecule has 8 nitrogen and oxygen atoms in total. The summed E-state index contributed by atoms with van der Waals surface area (Å²) in [6, 6.07) is 10.6. The standard InChI is InChI=1S/C24H30N6O2S/c1-2-22-27-21-16-26-24-20(11-15-29(24)33(31,32)19-8-4-3-5-9-19)23(21)30(22)18-10-14-28(17-18)13-7-6-12-25/h3-5,8-9,11,15-16,18H,2,6-7,10,12-14,17,25H2,1H3. The lowest BCUT2D eigenvalue weighted by molar-refractivity contribution is 0.317.